The van der Waals surface area contributed by atoms with Crippen LogP contribution in [-0.2, 0) is 6.54 Å². The Bertz CT molecular complexity index is 616. The van der Waals surface area contributed by atoms with Gasteiger partial charge in [0.15, 0.2) is 0 Å². The van der Waals surface area contributed by atoms with Crippen molar-refractivity contribution in [1.29, 1.82) is 0 Å². The number of carbonyl (C=O) groups is 1. The van der Waals surface area contributed by atoms with Crippen LogP contribution in [0.3, 0.4) is 0 Å². The van der Waals surface area contributed by atoms with E-state index in [-0.39, 0.29) is 5.56 Å². The fourth-order valence-electron chi connectivity index (χ4n) is 1.64. The van der Waals surface area contributed by atoms with Crippen molar-refractivity contribution in [2.75, 3.05) is 5.32 Å². The van der Waals surface area contributed by atoms with E-state index in [1.807, 2.05) is 24.3 Å². The molecule has 0 aromatic heterocycles. The van der Waals surface area contributed by atoms with Gasteiger partial charge in [-0.15, -0.1) is 0 Å². The first-order valence-corrected chi connectivity index (χ1v) is 6.37. The monoisotopic (exact) mass is 323 g/mol. The van der Waals surface area contributed by atoms with Crippen LogP contribution >= 0.6 is 15.9 Å². The Morgan fingerprint density at radius 1 is 1.26 bits per heavy atom. The van der Waals surface area contributed by atoms with Gasteiger partial charge in [-0.05, 0) is 29.8 Å². The molecule has 0 saturated heterocycles. The van der Waals surface area contributed by atoms with Crippen LogP contribution in [0.5, 0.6) is 0 Å². The quantitative estimate of drug-likeness (QED) is 0.897. The molecule has 0 aliphatic heterocycles. The minimum atomic E-state index is -1.27. The van der Waals surface area contributed by atoms with Crippen LogP contribution in [0.4, 0.5) is 10.1 Å². The fourth-order valence-corrected chi connectivity index (χ4v) is 2.06. The molecule has 0 unspecified atom stereocenters. The summed E-state index contributed by atoms with van der Waals surface area (Å²) in [5, 5.41) is 11.8. The first-order valence-electron chi connectivity index (χ1n) is 5.58. The second-order valence-corrected chi connectivity index (χ2v) is 4.80. The molecule has 5 heteroatoms. The van der Waals surface area contributed by atoms with Gasteiger partial charge in [0.25, 0.3) is 0 Å². The number of aromatic carboxylic acids is 1. The molecule has 0 heterocycles. The van der Waals surface area contributed by atoms with Crippen molar-refractivity contribution in [3.05, 3.63) is 63.9 Å². The molecule has 0 bridgehead atoms. The Hall–Kier alpha value is -1.88. The lowest BCUT2D eigenvalue weighted by Gasteiger charge is -2.09. The lowest BCUT2D eigenvalue weighted by atomic mass is 10.2. The van der Waals surface area contributed by atoms with Crippen molar-refractivity contribution in [1.82, 2.24) is 0 Å². The normalized spacial score (nSPS) is 10.2. The van der Waals surface area contributed by atoms with Gasteiger partial charge < -0.3 is 10.4 Å². The maximum absolute atomic E-state index is 13.5. The van der Waals surface area contributed by atoms with Gasteiger partial charge >= 0.3 is 5.97 Å². The van der Waals surface area contributed by atoms with Gasteiger partial charge in [0.2, 0.25) is 0 Å². The smallest absolute Gasteiger partial charge is 0.338 e. The van der Waals surface area contributed by atoms with Crippen molar-refractivity contribution in [2.24, 2.45) is 0 Å². The SMILES string of the molecule is O=C(O)c1ccc(NCc2ccccc2Br)cc1F. The van der Waals surface area contributed by atoms with Crippen LogP contribution < -0.4 is 5.32 Å². The number of carboxylic acid groups (broad SMARTS) is 1. The summed E-state index contributed by atoms with van der Waals surface area (Å²) >= 11 is 3.42. The molecule has 0 radical (unpaired) electrons. The van der Waals surface area contributed by atoms with Crippen LogP contribution in [0.1, 0.15) is 15.9 Å². The predicted molar refractivity (Wildman–Crippen MR) is 74.8 cm³/mol. The second kappa shape index (κ2) is 5.84. The number of halogens is 2. The Labute approximate surface area is 118 Å². The Morgan fingerprint density at radius 3 is 2.63 bits per heavy atom. The van der Waals surface area contributed by atoms with E-state index in [9.17, 15) is 9.18 Å². The van der Waals surface area contributed by atoms with Crippen LogP contribution in [0.25, 0.3) is 0 Å². The first kappa shape index (κ1) is 13.5. The molecule has 2 aromatic rings. The van der Waals surface area contributed by atoms with E-state index < -0.39 is 11.8 Å². The average Bonchev–Trinajstić information content (AvgIpc) is 2.37. The molecule has 3 nitrogen and oxygen atoms in total. The van der Waals surface area contributed by atoms with E-state index in [4.69, 9.17) is 5.11 Å². The Kier molecular flexibility index (Phi) is 4.16. The van der Waals surface area contributed by atoms with E-state index in [0.717, 1.165) is 10.0 Å². The summed E-state index contributed by atoms with van der Waals surface area (Å²) in [4.78, 5) is 10.7. The molecule has 2 aromatic carbocycles. The fraction of sp³-hybridized carbons (Fsp3) is 0.0714. The summed E-state index contributed by atoms with van der Waals surface area (Å²) in [6.07, 6.45) is 0. The van der Waals surface area contributed by atoms with Gasteiger partial charge in [0.05, 0.1) is 5.56 Å². The molecule has 19 heavy (non-hydrogen) atoms. The van der Waals surface area contributed by atoms with Gasteiger partial charge in [0.1, 0.15) is 5.82 Å². The van der Waals surface area contributed by atoms with Gasteiger partial charge in [-0.1, -0.05) is 34.1 Å². The maximum Gasteiger partial charge on any atom is 0.338 e. The highest BCUT2D eigenvalue weighted by molar-refractivity contribution is 9.10. The zero-order chi connectivity index (χ0) is 13.8. The molecule has 0 atom stereocenters. The number of anilines is 1. The number of nitrogens with one attached hydrogen (secondary N) is 1. The van der Waals surface area contributed by atoms with E-state index in [0.29, 0.717) is 12.2 Å². The van der Waals surface area contributed by atoms with Crippen LogP contribution in [0.2, 0.25) is 0 Å². The molecular weight excluding hydrogens is 313 g/mol. The minimum Gasteiger partial charge on any atom is -0.478 e. The second-order valence-electron chi connectivity index (χ2n) is 3.94. The Balaban J connectivity index is 2.11. The van der Waals surface area contributed by atoms with Crippen molar-refractivity contribution in [3.8, 4) is 0 Å². The van der Waals surface area contributed by atoms with Crippen LogP contribution in [0, 0.1) is 5.82 Å². The molecule has 2 N–H and O–H groups in total. The van der Waals surface area contributed by atoms with Crippen LogP contribution in [0.15, 0.2) is 46.9 Å². The lowest BCUT2D eigenvalue weighted by molar-refractivity contribution is 0.0692. The van der Waals surface area contributed by atoms with E-state index >= 15 is 0 Å². The highest BCUT2D eigenvalue weighted by atomic mass is 79.9. The predicted octanol–water partition coefficient (Wildman–Crippen LogP) is 3.90. The van der Waals surface area contributed by atoms with Crippen molar-refractivity contribution < 1.29 is 14.3 Å². The summed E-state index contributed by atoms with van der Waals surface area (Å²) in [5.41, 5.74) is 1.25. The lowest BCUT2D eigenvalue weighted by Crippen LogP contribution is -2.04. The number of benzene rings is 2. The van der Waals surface area contributed by atoms with E-state index in [1.54, 1.807) is 6.07 Å². The van der Waals surface area contributed by atoms with Crippen LogP contribution in [-0.4, -0.2) is 11.1 Å². The number of rotatable bonds is 4. The summed E-state index contributed by atoms with van der Waals surface area (Å²) in [5.74, 6) is -2.01. The summed E-state index contributed by atoms with van der Waals surface area (Å²) in [7, 11) is 0. The summed E-state index contributed by atoms with van der Waals surface area (Å²) in [6.45, 7) is 0.521. The largest absolute Gasteiger partial charge is 0.478 e. The topological polar surface area (TPSA) is 49.3 Å². The molecule has 2 rings (SSSR count). The van der Waals surface area contributed by atoms with Crippen molar-refractivity contribution in [2.45, 2.75) is 6.54 Å². The maximum atomic E-state index is 13.5. The molecule has 0 fully saturated rings. The molecule has 0 saturated carbocycles. The highest BCUT2D eigenvalue weighted by Gasteiger charge is 2.10. The molecule has 0 aliphatic rings. The summed E-state index contributed by atoms with van der Waals surface area (Å²) < 4.78 is 14.4. The molecule has 0 spiro atoms. The van der Waals surface area contributed by atoms with Gasteiger partial charge in [-0.25, -0.2) is 9.18 Å². The zero-order valence-corrected chi connectivity index (χ0v) is 11.4. The van der Waals surface area contributed by atoms with Gasteiger partial charge in [-0.3, -0.25) is 0 Å². The van der Waals surface area contributed by atoms with E-state index in [2.05, 4.69) is 21.2 Å². The molecule has 0 amide bonds. The van der Waals surface area contributed by atoms with Crippen molar-refractivity contribution in [3.63, 3.8) is 0 Å². The van der Waals surface area contributed by atoms with E-state index in [1.165, 1.54) is 12.1 Å². The standard InChI is InChI=1S/C14H11BrFNO2/c15-12-4-2-1-3-9(12)8-17-10-5-6-11(14(18)19)13(16)7-10/h1-7,17H,8H2,(H,18,19). The third-order valence-electron chi connectivity index (χ3n) is 2.64. The zero-order valence-electron chi connectivity index (χ0n) is 9.86. The molecular formula is C14H11BrFNO2. The summed E-state index contributed by atoms with van der Waals surface area (Å²) in [6, 6.07) is 11.7. The minimum absolute atomic E-state index is 0.327. The number of hydrogen-bond acceptors (Lipinski definition) is 2. The average molecular weight is 324 g/mol. The Morgan fingerprint density at radius 2 is 2.00 bits per heavy atom. The van der Waals surface area contributed by atoms with Crippen molar-refractivity contribution >= 4 is 27.6 Å². The van der Waals surface area contributed by atoms with Gasteiger partial charge in [0, 0.05) is 16.7 Å². The third-order valence-corrected chi connectivity index (χ3v) is 3.41. The molecule has 98 valence electrons. The number of carboxylic acids is 1. The third kappa shape index (κ3) is 3.32. The molecule has 0 aliphatic carbocycles. The first-order chi connectivity index (χ1) is 9.08. The highest BCUT2D eigenvalue weighted by Crippen LogP contribution is 2.19. The number of hydrogen-bond donors (Lipinski definition) is 2. The van der Waals surface area contributed by atoms with Gasteiger partial charge in [-0.2, -0.15) is 0 Å².